The number of aliphatic carboxylic acids is 1. The Bertz CT molecular complexity index is 761. The first-order valence-corrected chi connectivity index (χ1v) is 13.6. The molecule has 192 valence electrons. The van der Waals surface area contributed by atoms with E-state index in [-0.39, 0.29) is 17.9 Å². The number of hydrogen-bond donors (Lipinski definition) is 2. The molecule has 1 aromatic rings. The Kier molecular flexibility index (Phi) is 10.3. The Balaban J connectivity index is 1.48. The minimum absolute atomic E-state index is 0.0158. The summed E-state index contributed by atoms with van der Waals surface area (Å²) in [4.78, 5) is 10.6. The van der Waals surface area contributed by atoms with Crippen molar-refractivity contribution in [2.45, 2.75) is 116 Å². The molecular weight excluding hydrogens is 428 g/mol. The van der Waals surface area contributed by atoms with Gasteiger partial charge < -0.3 is 19.7 Å². The van der Waals surface area contributed by atoms with Crippen LogP contribution < -0.4 is 4.74 Å². The van der Waals surface area contributed by atoms with Gasteiger partial charge in [0.15, 0.2) is 0 Å². The molecule has 0 amide bonds. The molecule has 0 radical (unpaired) electrons. The third-order valence-corrected chi connectivity index (χ3v) is 8.16. The third-order valence-electron chi connectivity index (χ3n) is 8.16. The smallest absolute Gasteiger partial charge is 0.303 e. The molecule has 2 saturated heterocycles. The molecule has 2 aliphatic heterocycles. The van der Waals surface area contributed by atoms with Crippen molar-refractivity contribution in [2.75, 3.05) is 6.61 Å². The average Bonchev–Trinajstić information content (AvgIpc) is 3.41. The van der Waals surface area contributed by atoms with Crippen LogP contribution in [0.15, 0.2) is 24.3 Å². The number of rotatable bonds is 16. The number of hydrogen-bond acceptors (Lipinski definition) is 4. The zero-order valence-corrected chi connectivity index (χ0v) is 21.5. The van der Waals surface area contributed by atoms with Gasteiger partial charge in [-0.3, -0.25) is 4.79 Å². The number of benzene rings is 1. The van der Waals surface area contributed by atoms with Crippen molar-refractivity contribution in [3.8, 4) is 5.75 Å². The SMILES string of the molecule is CCCCC(C)(C)C(O)CCC1C2CC[C@@H](O2)[C@H]1CCc1cccc(OCCCCC(=O)O)c1. The molecule has 0 aliphatic carbocycles. The molecule has 1 aromatic carbocycles. The van der Waals surface area contributed by atoms with Gasteiger partial charge in [0.05, 0.1) is 24.9 Å². The maximum Gasteiger partial charge on any atom is 0.303 e. The standard InChI is InChI=1S/C29H46O5/c1-4-5-18-29(2,3)27(30)17-14-24-23(25-15-16-26(24)34-25)13-12-21-9-8-10-22(20-21)33-19-7-6-11-28(31)32/h8-10,20,23-27,30H,4-7,11-19H2,1-3H3,(H,31,32)/t23-,24?,25+,26?,27?/m0/s1. The van der Waals surface area contributed by atoms with E-state index < -0.39 is 5.97 Å². The Morgan fingerprint density at radius 3 is 2.59 bits per heavy atom. The van der Waals surface area contributed by atoms with Crippen LogP contribution in [-0.4, -0.2) is 41.1 Å². The van der Waals surface area contributed by atoms with Crippen LogP contribution in [0.4, 0.5) is 0 Å². The monoisotopic (exact) mass is 474 g/mol. The van der Waals surface area contributed by atoms with E-state index in [1.54, 1.807) is 0 Å². The van der Waals surface area contributed by atoms with Gasteiger partial charge in [0.1, 0.15) is 5.75 Å². The highest BCUT2D eigenvalue weighted by Crippen LogP contribution is 2.48. The van der Waals surface area contributed by atoms with Gasteiger partial charge in [-0.25, -0.2) is 0 Å². The van der Waals surface area contributed by atoms with Gasteiger partial charge in [-0.15, -0.1) is 0 Å². The first-order chi connectivity index (χ1) is 16.3. The van der Waals surface area contributed by atoms with Crippen molar-refractivity contribution in [2.24, 2.45) is 17.3 Å². The van der Waals surface area contributed by atoms with Gasteiger partial charge in [-0.2, -0.15) is 0 Å². The third kappa shape index (κ3) is 7.71. The summed E-state index contributed by atoms with van der Waals surface area (Å²) in [7, 11) is 0. The topological polar surface area (TPSA) is 76.0 Å². The Hall–Kier alpha value is -1.59. The van der Waals surface area contributed by atoms with Crippen LogP contribution in [0.25, 0.3) is 0 Å². The molecule has 2 N–H and O–H groups in total. The van der Waals surface area contributed by atoms with Gasteiger partial charge in [-0.05, 0) is 92.7 Å². The summed E-state index contributed by atoms with van der Waals surface area (Å²) >= 11 is 0. The van der Waals surface area contributed by atoms with E-state index in [1.807, 2.05) is 12.1 Å². The fourth-order valence-corrected chi connectivity index (χ4v) is 5.90. The molecule has 3 rings (SSSR count). The van der Waals surface area contributed by atoms with E-state index in [4.69, 9.17) is 14.6 Å². The molecule has 0 aromatic heterocycles. The number of carboxylic acid groups (broad SMARTS) is 1. The van der Waals surface area contributed by atoms with Crippen molar-refractivity contribution < 1.29 is 24.5 Å². The predicted molar refractivity (Wildman–Crippen MR) is 135 cm³/mol. The zero-order chi connectivity index (χ0) is 24.6. The van der Waals surface area contributed by atoms with Crippen LogP contribution in [0.3, 0.4) is 0 Å². The first kappa shape index (κ1) is 27.0. The van der Waals surface area contributed by atoms with Crippen LogP contribution in [0.1, 0.15) is 97.0 Å². The minimum atomic E-state index is -0.750. The summed E-state index contributed by atoms with van der Waals surface area (Å²) in [5.74, 6) is 1.25. The average molecular weight is 475 g/mol. The largest absolute Gasteiger partial charge is 0.494 e. The second-order valence-corrected chi connectivity index (χ2v) is 11.2. The Morgan fingerprint density at radius 1 is 1.15 bits per heavy atom. The highest BCUT2D eigenvalue weighted by atomic mass is 16.5. The van der Waals surface area contributed by atoms with Crippen LogP contribution in [-0.2, 0) is 16.0 Å². The Labute approximate surface area is 206 Å². The molecule has 5 atom stereocenters. The van der Waals surface area contributed by atoms with Crippen LogP contribution in [0, 0.1) is 17.3 Å². The summed E-state index contributed by atoms with van der Waals surface area (Å²) in [6, 6.07) is 8.32. The molecule has 2 fully saturated rings. The fraction of sp³-hybridized carbons (Fsp3) is 0.759. The van der Waals surface area contributed by atoms with Crippen LogP contribution >= 0.6 is 0 Å². The molecule has 2 heterocycles. The number of aryl methyl sites for hydroxylation is 1. The summed E-state index contributed by atoms with van der Waals surface area (Å²) in [6.07, 6.45) is 11.9. The summed E-state index contributed by atoms with van der Waals surface area (Å²) < 4.78 is 12.2. The molecular formula is C29H46O5. The predicted octanol–water partition coefficient (Wildman–Crippen LogP) is 6.40. The van der Waals surface area contributed by atoms with Crippen LogP contribution in [0.5, 0.6) is 5.75 Å². The number of aliphatic hydroxyl groups is 1. The number of ether oxygens (including phenoxy) is 2. The fourth-order valence-electron chi connectivity index (χ4n) is 5.90. The number of carboxylic acids is 1. The highest BCUT2D eigenvalue weighted by molar-refractivity contribution is 5.66. The molecule has 34 heavy (non-hydrogen) atoms. The Morgan fingerprint density at radius 2 is 1.88 bits per heavy atom. The van der Waals surface area contributed by atoms with Crippen molar-refractivity contribution in [3.05, 3.63) is 29.8 Å². The second kappa shape index (κ2) is 12.9. The van der Waals surface area contributed by atoms with Gasteiger partial charge in [0.25, 0.3) is 0 Å². The van der Waals surface area contributed by atoms with Gasteiger partial charge in [0, 0.05) is 6.42 Å². The number of carbonyl (C=O) groups is 1. The lowest BCUT2D eigenvalue weighted by atomic mass is 9.72. The molecule has 2 bridgehead atoms. The molecule has 5 heteroatoms. The van der Waals surface area contributed by atoms with E-state index in [2.05, 4.69) is 32.9 Å². The zero-order valence-electron chi connectivity index (χ0n) is 21.5. The lowest BCUT2D eigenvalue weighted by molar-refractivity contribution is -0.137. The summed E-state index contributed by atoms with van der Waals surface area (Å²) in [6.45, 7) is 7.19. The lowest BCUT2D eigenvalue weighted by Gasteiger charge is -2.33. The number of unbranched alkanes of at least 4 members (excludes halogenated alkanes) is 2. The molecule has 2 aliphatic rings. The quantitative estimate of drug-likeness (QED) is 0.271. The number of fused-ring (bicyclic) bond motifs is 2. The van der Waals surface area contributed by atoms with Gasteiger partial charge in [0.2, 0.25) is 0 Å². The van der Waals surface area contributed by atoms with E-state index >= 15 is 0 Å². The molecule has 3 unspecified atom stereocenters. The van der Waals surface area contributed by atoms with Gasteiger partial charge >= 0.3 is 5.97 Å². The van der Waals surface area contributed by atoms with Crippen molar-refractivity contribution in [3.63, 3.8) is 0 Å². The highest BCUT2D eigenvalue weighted by Gasteiger charge is 2.48. The maximum atomic E-state index is 10.9. The van der Waals surface area contributed by atoms with E-state index in [0.29, 0.717) is 37.1 Å². The molecule has 0 spiro atoms. The maximum absolute atomic E-state index is 10.9. The van der Waals surface area contributed by atoms with Crippen LogP contribution in [0.2, 0.25) is 0 Å². The molecule has 0 saturated carbocycles. The van der Waals surface area contributed by atoms with Crippen molar-refractivity contribution >= 4 is 5.97 Å². The van der Waals surface area contributed by atoms with E-state index in [1.165, 1.54) is 31.2 Å². The summed E-state index contributed by atoms with van der Waals surface area (Å²) in [5, 5.41) is 19.6. The van der Waals surface area contributed by atoms with E-state index in [9.17, 15) is 9.90 Å². The molecule has 5 nitrogen and oxygen atoms in total. The van der Waals surface area contributed by atoms with Crippen molar-refractivity contribution in [1.29, 1.82) is 0 Å². The minimum Gasteiger partial charge on any atom is -0.494 e. The first-order valence-electron chi connectivity index (χ1n) is 13.6. The van der Waals surface area contributed by atoms with Gasteiger partial charge in [-0.1, -0.05) is 45.7 Å². The normalized spacial score (nSPS) is 24.9. The summed E-state index contributed by atoms with van der Waals surface area (Å²) in [5.41, 5.74) is 1.27. The lowest BCUT2D eigenvalue weighted by Crippen LogP contribution is -2.33. The number of aliphatic hydroxyl groups excluding tert-OH is 1. The second-order valence-electron chi connectivity index (χ2n) is 11.2. The van der Waals surface area contributed by atoms with Crippen molar-refractivity contribution in [1.82, 2.24) is 0 Å². The van der Waals surface area contributed by atoms with E-state index in [0.717, 1.165) is 44.3 Å².